The molecule has 0 spiro atoms. The van der Waals surface area contributed by atoms with Gasteiger partial charge in [-0.25, -0.2) is 0 Å². The van der Waals surface area contributed by atoms with E-state index >= 15 is 0 Å². The minimum Gasteiger partial charge on any atom is -0.367 e. The Kier molecular flexibility index (Phi) is 4.41. The van der Waals surface area contributed by atoms with E-state index in [1.165, 1.54) is 0 Å². The van der Waals surface area contributed by atoms with E-state index in [2.05, 4.69) is 24.1 Å². The molecule has 0 aromatic heterocycles. The Morgan fingerprint density at radius 2 is 2.00 bits per heavy atom. The summed E-state index contributed by atoms with van der Waals surface area (Å²) >= 11 is 12.4. The molecule has 1 heterocycles. The first kappa shape index (κ1) is 14.0. The lowest BCUT2D eigenvalue weighted by atomic mass is 9.90. The summed E-state index contributed by atoms with van der Waals surface area (Å²) in [6, 6.07) is 5.68. The molecule has 4 heteroatoms. The second-order valence-electron chi connectivity index (χ2n) is 4.93. The quantitative estimate of drug-likeness (QED) is 0.905. The molecule has 1 saturated heterocycles. The molecule has 1 N–H and O–H groups in total. The highest BCUT2D eigenvalue weighted by Crippen LogP contribution is 2.32. The minimum absolute atomic E-state index is 0.198. The molecule has 0 aliphatic carbocycles. The number of nitrogens with one attached hydrogen (secondary N) is 1. The van der Waals surface area contributed by atoms with E-state index in [0.717, 1.165) is 48.2 Å². The summed E-state index contributed by atoms with van der Waals surface area (Å²) in [6.45, 7) is 7.42. The van der Waals surface area contributed by atoms with Crippen molar-refractivity contribution in [1.82, 2.24) is 5.32 Å². The van der Waals surface area contributed by atoms with Gasteiger partial charge < -0.3 is 10.2 Å². The number of benzene rings is 1. The highest BCUT2D eigenvalue weighted by molar-refractivity contribution is 6.35. The molecule has 18 heavy (non-hydrogen) atoms. The maximum atomic E-state index is 6.29. The third-order valence-corrected chi connectivity index (χ3v) is 4.53. The lowest BCUT2D eigenvalue weighted by Crippen LogP contribution is -2.60. The summed E-state index contributed by atoms with van der Waals surface area (Å²) < 4.78 is 0. The molecule has 0 amide bonds. The van der Waals surface area contributed by atoms with Crippen LogP contribution in [-0.2, 0) is 0 Å². The molecule has 1 aliphatic heterocycles. The first-order valence-corrected chi connectivity index (χ1v) is 7.31. The summed E-state index contributed by atoms with van der Waals surface area (Å²) in [6.07, 6.45) is 2.25. The van der Waals surface area contributed by atoms with Crippen LogP contribution in [0.4, 0.5) is 5.69 Å². The smallest absolute Gasteiger partial charge is 0.0640 e. The van der Waals surface area contributed by atoms with E-state index in [0.29, 0.717) is 0 Å². The Morgan fingerprint density at radius 3 is 2.67 bits per heavy atom. The van der Waals surface area contributed by atoms with Crippen LogP contribution < -0.4 is 10.2 Å². The van der Waals surface area contributed by atoms with Gasteiger partial charge in [-0.15, -0.1) is 0 Å². The largest absolute Gasteiger partial charge is 0.367 e. The zero-order valence-corrected chi connectivity index (χ0v) is 12.5. The second kappa shape index (κ2) is 5.68. The van der Waals surface area contributed by atoms with Crippen LogP contribution in [0, 0.1) is 0 Å². The predicted octanol–water partition coefficient (Wildman–Crippen LogP) is 3.96. The first-order valence-electron chi connectivity index (χ1n) is 6.55. The molecule has 0 saturated carbocycles. The zero-order chi connectivity index (χ0) is 13.2. The predicted molar refractivity (Wildman–Crippen MR) is 80.0 cm³/mol. The Balaban J connectivity index is 2.25. The molecule has 1 aliphatic rings. The Morgan fingerprint density at radius 1 is 1.28 bits per heavy atom. The Hall–Kier alpha value is -0.440. The third-order valence-electron chi connectivity index (χ3n) is 3.98. The van der Waals surface area contributed by atoms with E-state index in [1.54, 1.807) is 0 Å². The molecule has 100 valence electrons. The summed E-state index contributed by atoms with van der Waals surface area (Å²) in [5, 5.41) is 5.17. The van der Waals surface area contributed by atoms with Crippen LogP contribution in [0.25, 0.3) is 0 Å². The van der Waals surface area contributed by atoms with Crippen LogP contribution in [0.1, 0.15) is 26.7 Å². The summed E-state index contributed by atoms with van der Waals surface area (Å²) in [5.41, 5.74) is 1.25. The van der Waals surface area contributed by atoms with Gasteiger partial charge in [-0.1, -0.05) is 37.0 Å². The average molecular weight is 287 g/mol. The lowest BCUT2D eigenvalue weighted by Gasteiger charge is -2.44. The van der Waals surface area contributed by atoms with E-state index < -0.39 is 0 Å². The van der Waals surface area contributed by atoms with Gasteiger partial charge in [0.25, 0.3) is 0 Å². The van der Waals surface area contributed by atoms with Crippen LogP contribution in [0.5, 0.6) is 0 Å². The van der Waals surface area contributed by atoms with E-state index in [-0.39, 0.29) is 5.54 Å². The molecule has 0 atom stereocenters. The summed E-state index contributed by atoms with van der Waals surface area (Å²) in [5.74, 6) is 0. The standard InChI is InChI=1S/C14H20Cl2N2/c1-3-14(4-2)10-18(8-7-17-14)13-9-11(15)5-6-12(13)16/h5-6,9,17H,3-4,7-8,10H2,1-2H3. The van der Waals surface area contributed by atoms with Crippen molar-refractivity contribution in [2.45, 2.75) is 32.2 Å². The summed E-state index contributed by atoms with van der Waals surface area (Å²) in [4.78, 5) is 2.34. The summed E-state index contributed by atoms with van der Waals surface area (Å²) in [7, 11) is 0. The van der Waals surface area contributed by atoms with Crippen molar-refractivity contribution in [3.63, 3.8) is 0 Å². The maximum absolute atomic E-state index is 6.29. The molecule has 2 nitrogen and oxygen atoms in total. The van der Waals surface area contributed by atoms with Crippen molar-refractivity contribution >= 4 is 28.9 Å². The van der Waals surface area contributed by atoms with Gasteiger partial charge in [-0.2, -0.15) is 0 Å². The van der Waals surface area contributed by atoms with Crippen LogP contribution in [0.2, 0.25) is 10.0 Å². The van der Waals surface area contributed by atoms with E-state index in [9.17, 15) is 0 Å². The monoisotopic (exact) mass is 286 g/mol. The fourth-order valence-corrected chi connectivity index (χ4v) is 3.02. The van der Waals surface area contributed by atoms with Crippen molar-refractivity contribution in [2.24, 2.45) is 0 Å². The first-order chi connectivity index (χ1) is 8.60. The number of hydrogen-bond acceptors (Lipinski definition) is 2. The SMILES string of the molecule is CCC1(CC)CN(c2cc(Cl)ccc2Cl)CCN1. The fraction of sp³-hybridized carbons (Fsp3) is 0.571. The van der Waals surface area contributed by atoms with Crippen LogP contribution in [0.15, 0.2) is 18.2 Å². The minimum atomic E-state index is 0.198. The van der Waals surface area contributed by atoms with E-state index in [4.69, 9.17) is 23.2 Å². The normalized spacial score (nSPS) is 19.0. The van der Waals surface area contributed by atoms with Gasteiger partial charge in [0, 0.05) is 30.2 Å². The van der Waals surface area contributed by atoms with Gasteiger partial charge in [-0.3, -0.25) is 0 Å². The molecular weight excluding hydrogens is 267 g/mol. The highest BCUT2D eigenvalue weighted by Gasteiger charge is 2.32. The number of rotatable bonds is 3. The molecular formula is C14H20Cl2N2. The molecule has 1 aromatic rings. The lowest BCUT2D eigenvalue weighted by molar-refractivity contribution is 0.277. The van der Waals surface area contributed by atoms with Crippen LogP contribution in [0.3, 0.4) is 0 Å². The van der Waals surface area contributed by atoms with Crippen molar-refractivity contribution in [1.29, 1.82) is 0 Å². The molecule has 0 bridgehead atoms. The number of piperazine rings is 1. The molecule has 0 radical (unpaired) electrons. The van der Waals surface area contributed by atoms with Crippen LogP contribution >= 0.6 is 23.2 Å². The topological polar surface area (TPSA) is 15.3 Å². The third kappa shape index (κ3) is 2.76. The van der Waals surface area contributed by atoms with E-state index in [1.807, 2.05) is 18.2 Å². The Bertz CT molecular complexity index is 416. The van der Waals surface area contributed by atoms with Crippen molar-refractivity contribution in [3.8, 4) is 0 Å². The second-order valence-corrected chi connectivity index (χ2v) is 5.78. The number of anilines is 1. The maximum Gasteiger partial charge on any atom is 0.0640 e. The molecule has 2 rings (SSSR count). The number of nitrogens with zero attached hydrogens (tertiary/aromatic N) is 1. The van der Waals surface area contributed by atoms with Crippen molar-refractivity contribution < 1.29 is 0 Å². The van der Waals surface area contributed by atoms with Gasteiger partial charge in [0.1, 0.15) is 0 Å². The Labute approximate surface area is 119 Å². The fourth-order valence-electron chi connectivity index (χ4n) is 2.61. The highest BCUT2D eigenvalue weighted by atomic mass is 35.5. The van der Waals surface area contributed by atoms with Crippen molar-refractivity contribution in [3.05, 3.63) is 28.2 Å². The van der Waals surface area contributed by atoms with Crippen LogP contribution in [-0.4, -0.2) is 25.2 Å². The zero-order valence-electron chi connectivity index (χ0n) is 11.0. The molecule has 0 unspecified atom stereocenters. The van der Waals surface area contributed by atoms with Gasteiger partial charge in [-0.05, 0) is 31.0 Å². The van der Waals surface area contributed by atoms with Gasteiger partial charge in [0.15, 0.2) is 0 Å². The van der Waals surface area contributed by atoms with Gasteiger partial charge in [0.05, 0.1) is 10.7 Å². The average Bonchev–Trinajstić information content (AvgIpc) is 2.41. The van der Waals surface area contributed by atoms with Crippen molar-refractivity contribution in [2.75, 3.05) is 24.5 Å². The van der Waals surface area contributed by atoms with Gasteiger partial charge in [0.2, 0.25) is 0 Å². The number of hydrogen-bond donors (Lipinski definition) is 1. The number of halogens is 2. The molecule has 1 fully saturated rings. The molecule has 1 aromatic carbocycles. The van der Waals surface area contributed by atoms with Gasteiger partial charge >= 0.3 is 0 Å².